The van der Waals surface area contributed by atoms with E-state index in [0.29, 0.717) is 0 Å². The minimum atomic E-state index is -7.21. The van der Waals surface area contributed by atoms with Gasteiger partial charge in [-0.15, -0.1) is 35.9 Å². The fourth-order valence-electron chi connectivity index (χ4n) is 2.85. The summed E-state index contributed by atoms with van der Waals surface area (Å²) in [5, 5.41) is 10.7. The Labute approximate surface area is 239 Å². The van der Waals surface area contributed by atoms with Crippen molar-refractivity contribution in [3.05, 3.63) is 78.7 Å². The summed E-state index contributed by atoms with van der Waals surface area (Å²) in [7, 11) is 0. The molecule has 0 saturated heterocycles. The summed E-state index contributed by atoms with van der Waals surface area (Å²) in [6.45, 7) is 0. The molecule has 42 heavy (non-hydrogen) atoms. The molecule has 0 aliphatic carbocycles. The van der Waals surface area contributed by atoms with E-state index in [9.17, 15) is 66.3 Å². The normalized spacial score (nSPS) is 13.6. The quantitative estimate of drug-likeness (QED) is 0.118. The van der Waals surface area contributed by atoms with Crippen molar-refractivity contribution in [2.45, 2.75) is 36.0 Å². The molecule has 0 spiro atoms. The second-order valence-electron chi connectivity index (χ2n) is 7.84. The van der Waals surface area contributed by atoms with Crippen LogP contribution < -0.4 is 0 Å². The number of carbonyl (C=O) groups excluding carboxylic acids is 1. The molecular formula is C24H12F14IrNO2-. The van der Waals surface area contributed by atoms with E-state index in [1.54, 1.807) is 0 Å². The van der Waals surface area contributed by atoms with Gasteiger partial charge in [0.05, 0.1) is 0 Å². The minimum Gasteiger partial charge on any atom is -0.506 e. The van der Waals surface area contributed by atoms with Gasteiger partial charge in [-0.1, -0.05) is 24.3 Å². The molecular weight excluding hydrogens is 792 g/mol. The van der Waals surface area contributed by atoms with Crippen molar-refractivity contribution in [2.75, 3.05) is 0 Å². The Morgan fingerprint density at radius 2 is 1.21 bits per heavy atom. The van der Waals surface area contributed by atoms with E-state index in [2.05, 4.69) is 23.2 Å². The summed E-state index contributed by atoms with van der Waals surface area (Å²) in [4.78, 5) is 15.0. The molecule has 3 aromatic rings. The van der Waals surface area contributed by atoms with Crippen LogP contribution in [0.15, 0.2) is 72.6 Å². The van der Waals surface area contributed by atoms with Crippen LogP contribution in [0.3, 0.4) is 0 Å². The van der Waals surface area contributed by atoms with E-state index in [4.69, 9.17) is 5.11 Å². The van der Waals surface area contributed by atoms with Crippen LogP contribution in [0, 0.1) is 6.07 Å². The summed E-state index contributed by atoms with van der Waals surface area (Å²) in [6.07, 6.45) is -14.4. The van der Waals surface area contributed by atoms with Gasteiger partial charge < -0.3 is 10.1 Å². The Morgan fingerprint density at radius 1 is 0.714 bits per heavy atom. The third-order valence-corrected chi connectivity index (χ3v) is 5.04. The van der Waals surface area contributed by atoms with E-state index in [1.165, 1.54) is 10.8 Å². The Balaban J connectivity index is 0.000000442. The summed E-state index contributed by atoms with van der Waals surface area (Å²) in [6, 6.07) is 21.4. The number of benzene rings is 2. The molecule has 0 amide bonds. The zero-order valence-corrected chi connectivity index (χ0v) is 22.2. The number of ketones is 1. The minimum absolute atomic E-state index is 0. The van der Waals surface area contributed by atoms with Crippen molar-refractivity contribution in [1.82, 2.24) is 4.98 Å². The van der Waals surface area contributed by atoms with Crippen LogP contribution in [-0.2, 0) is 24.9 Å². The van der Waals surface area contributed by atoms with Crippen molar-refractivity contribution in [3.8, 4) is 11.3 Å². The monoisotopic (exact) mass is 805 g/mol. The number of nitrogens with zero attached hydrogens (tertiary/aromatic N) is 1. The Morgan fingerprint density at radius 3 is 1.71 bits per heavy atom. The van der Waals surface area contributed by atoms with Crippen LogP contribution in [0.5, 0.6) is 0 Å². The maximum Gasteiger partial charge on any atom is 0.460 e. The first-order valence-electron chi connectivity index (χ1n) is 10.4. The van der Waals surface area contributed by atoms with Crippen molar-refractivity contribution in [3.63, 3.8) is 0 Å². The smallest absolute Gasteiger partial charge is 0.460 e. The standard InChI is InChI=1S/C15H10N.C9H2F14O2.Ir/c1-2-7-13(8-3-1)15-14-9-5-4-6-12(14)10-11-16-15;10-4(11,6(14,15)8(18,19)20)2(24)1-3(25)5(12,13)7(16,17)9(21,22)23;/h1-7,9-11H;1,24H;/q-1;;/b;2-1-;. The number of rotatable bonds is 6. The molecule has 0 atom stereocenters. The molecule has 0 aliphatic rings. The second kappa shape index (κ2) is 12.5. The van der Waals surface area contributed by atoms with Crippen molar-refractivity contribution in [2.24, 2.45) is 0 Å². The van der Waals surface area contributed by atoms with E-state index in [0.717, 1.165) is 11.3 Å². The zero-order valence-electron chi connectivity index (χ0n) is 19.8. The van der Waals surface area contributed by atoms with E-state index >= 15 is 0 Å². The molecule has 0 bridgehead atoms. The summed E-state index contributed by atoms with van der Waals surface area (Å²) < 4.78 is 171. The first-order chi connectivity index (χ1) is 18.5. The molecule has 0 fully saturated rings. The molecule has 1 aromatic heterocycles. The first kappa shape index (κ1) is 36.8. The van der Waals surface area contributed by atoms with Gasteiger partial charge in [-0.2, -0.15) is 61.5 Å². The number of fused-ring (bicyclic) bond motifs is 1. The molecule has 18 heteroatoms. The van der Waals surface area contributed by atoms with Crippen LogP contribution in [0.4, 0.5) is 61.5 Å². The van der Waals surface area contributed by atoms with Gasteiger partial charge in [0.2, 0.25) is 5.78 Å². The topological polar surface area (TPSA) is 50.2 Å². The molecule has 1 heterocycles. The van der Waals surface area contributed by atoms with Gasteiger partial charge in [0.15, 0.2) is 5.76 Å². The molecule has 3 nitrogen and oxygen atoms in total. The molecule has 0 unspecified atom stereocenters. The van der Waals surface area contributed by atoms with Crippen molar-refractivity contribution >= 4 is 16.6 Å². The van der Waals surface area contributed by atoms with Crippen LogP contribution in [0.1, 0.15) is 0 Å². The number of halogens is 14. The summed E-state index contributed by atoms with van der Waals surface area (Å²) in [5.74, 6) is -35.9. The SMILES string of the molecule is O=C(/C=C(\O)C(F)(F)C(F)(F)C(F)(F)F)C(F)(F)C(F)(F)C(F)(F)F.[Ir].[c-]1ccccc1-c1nccc2ccccc12. The largest absolute Gasteiger partial charge is 0.506 e. The van der Waals surface area contributed by atoms with Gasteiger partial charge in [0.1, 0.15) is 0 Å². The molecule has 0 saturated carbocycles. The predicted molar refractivity (Wildman–Crippen MR) is 114 cm³/mol. The van der Waals surface area contributed by atoms with Crippen molar-refractivity contribution in [1.29, 1.82) is 0 Å². The van der Waals surface area contributed by atoms with E-state index in [1.807, 2.05) is 48.7 Å². The van der Waals surface area contributed by atoms with Gasteiger partial charge in [-0.3, -0.25) is 4.79 Å². The van der Waals surface area contributed by atoms with Crippen molar-refractivity contribution < 1.29 is 91.5 Å². The van der Waals surface area contributed by atoms with E-state index in [-0.39, 0.29) is 20.1 Å². The summed E-state index contributed by atoms with van der Waals surface area (Å²) in [5.41, 5.74) is 2.04. The molecule has 233 valence electrons. The number of aliphatic hydroxyl groups is 1. The average Bonchev–Trinajstić information content (AvgIpc) is 2.87. The third-order valence-electron chi connectivity index (χ3n) is 5.04. The molecule has 3 rings (SSSR count). The van der Waals surface area contributed by atoms with Gasteiger partial charge in [0.25, 0.3) is 0 Å². The molecule has 0 aliphatic heterocycles. The number of pyridine rings is 1. The molecule has 1 N–H and O–H groups in total. The number of hydrogen-bond donors (Lipinski definition) is 1. The maximum atomic E-state index is 12.8. The van der Waals surface area contributed by atoms with Gasteiger partial charge in [-0.05, 0) is 22.5 Å². The Hall–Kier alpha value is -3.27. The Bertz CT molecular complexity index is 1400. The number of aromatic nitrogens is 1. The summed E-state index contributed by atoms with van der Waals surface area (Å²) >= 11 is 0. The fourth-order valence-corrected chi connectivity index (χ4v) is 2.85. The number of alkyl halides is 14. The number of allylic oxidation sites excluding steroid dienone is 2. The Kier molecular flexibility index (Phi) is 11.0. The van der Waals surface area contributed by atoms with Gasteiger partial charge in [0, 0.05) is 32.4 Å². The van der Waals surface area contributed by atoms with Crippen LogP contribution in [0.25, 0.3) is 22.0 Å². The zero-order chi connectivity index (χ0) is 31.7. The molecule has 2 aromatic carbocycles. The number of carbonyl (C=O) groups is 1. The van der Waals surface area contributed by atoms with E-state index < -0.39 is 53.7 Å². The third kappa shape index (κ3) is 7.02. The predicted octanol–water partition coefficient (Wildman–Crippen LogP) is 8.36. The van der Waals surface area contributed by atoms with Gasteiger partial charge in [-0.25, -0.2) is 0 Å². The number of aliphatic hydroxyl groups excluding tert-OH is 1. The van der Waals surface area contributed by atoms with Crippen LogP contribution in [-0.4, -0.2) is 51.9 Å². The average molecular weight is 805 g/mol. The van der Waals surface area contributed by atoms with Crippen LogP contribution in [0.2, 0.25) is 0 Å². The van der Waals surface area contributed by atoms with Gasteiger partial charge >= 0.3 is 36.0 Å². The number of hydrogen-bond acceptors (Lipinski definition) is 3. The first-order valence-corrected chi connectivity index (χ1v) is 10.4. The molecule has 1 radical (unpaired) electrons. The van der Waals surface area contributed by atoms with Crippen LogP contribution >= 0.6 is 0 Å². The maximum absolute atomic E-state index is 12.8. The second-order valence-corrected chi connectivity index (χ2v) is 7.84. The fraction of sp³-hybridized carbons (Fsp3) is 0.250.